The van der Waals surface area contributed by atoms with E-state index in [-0.39, 0.29) is 31.0 Å². The van der Waals surface area contributed by atoms with E-state index in [0.29, 0.717) is 61.1 Å². The van der Waals surface area contributed by atoms with Crippen molar-refractivity contribution < 1.29 is 23.9 Å². The lowest BCUT2D eigenvalue weighted by Gasteiger charge is -2.40. The first-order chi connectivity index (χ1) is 19.3. The molecule has 2 aliphatic heterocycles. The Balaban J connectivity index is 1.68. The molecule has 0 saturated carbocycles. The molecule has 0 aliphatic carbocycles. The Hall–Kier alpha value is -4.11. The van der Waals surface area contributed by atoms with Crippen molar-refractivity contribution in [2.45, 2.75) is 26.8 Å². The van der Waals surface area contributed by atoms with Crippen LogP contribution in [0, 0.1) is 5.92 Å². The summed E-state index contributed by atoms with van der Waals surface area (Å²) in [6.07, 6.45) is 1.64. The van der Waals surface area contributed by atoms with Crippen LogP contribution in [0.3, 0.4) is 0 Å². The smallest absolute Gasteiger partial charge is 0.338 e. The van der Waals surface area contributed by atoms with Crippen LogP contribution in [0.25, 0.3) is 0 Å². The molecule has 3 amide bonds. The van der Waals surface area contributed by atoms with Gasteiger partial charge in [0.15, 0.2) is 0 Å². The molecule has 1 unspecified atom stereocenters. The zero-order valence-corrected chi connectivity index (χ0v) is 23.5. The first kappa shape index (κ1) is 28.9. The molecule has 2 aromatic rings. The summed E-state index contributed by atoms with van der Waals surface area (Å²) in [5.74, 6) is 0.856. The van der Waals surface area contributed by atoms with E-state index in [1.54, 1.807) is 17.9 Å². The van der Waals surface area contributed by atoms with Crippen LogP contribution in [0.15, 0.2) is 78.5 Å². The highest BCUT2D eigenvalue weighted by molar-refractivity contribution is 5.95. The third-order valence-electron chi connectivity index (χ3n) is 6.97. The minimum absolute atomic E-state index is 0.0582. The molecule has 2 aromatic carbocycles. The number of esters is 1. The number of carbonyl (C=O) groups excluding carboxylic acids is 3. The van der Waals surface area contributed by atoms with Gasteiger partial charge in [-0.05, 0) is 36.8 Å². The Morgan fingerprint density at radius 1 is 1.05 bits per heavy atom. The molecule has 9 heteroatoms. The average molecular weight is 547 g/mol. The van der Waals surface area contributed by atoms with Gasteiger partial charge in [0.05, 0.1) is 18.2 Å². The number of piperazine rings is 1. The van der Waals surface area contributed by atoms with Gasteiger partial charge in [-0.1, -0.05) is 50.3 Å². The molecule has 0 radical (unpaired) electrons. The van der Waals surface area contributed by atoms with Crippen molar-refractivity contribution in [1.29, 1.82) is 0 Å². The van der Waals surface area contributed by atoms with E-state index in [9.17, 15) is 14.4 Å². The average Bonchev–Trinajstić information content (AvgIpc) is 2.95. The molecular weight excluding hydrogens is 508 g/mol. The molecular formula is C31H38N4O5. The molecule has 40 heavy (non-hydrogen) atoms. The zero-order valence-electron chi connectivity index (χ0n) is 23.5. The van der Waals surface area contributed by atoms with E-state index in [0.717, 1.165) is 0 Å². The lowest BCUT2D eigenvalue weighted by atomic mass is 9.93. The summed E-state index contributed by atoms with van der Waals surface area (Å²) >= 11 is 0. The quantitative estimate of drug-likeness (QED) is 0.352. The highest BCUT2D eigenvalue weighted by atomic mass is 16.5. The van der Waals surface area contributed by atoms with E-state index < -0.39 is 12.0 Å². The number of benzene rings is 2. The Bertz CT molecular complexity index is 1250. The lowest BCUT2D eigenvalue weighted by Crippen LogP contribution is -2.54. The third-order valence-corrected chi connectivity index (χ3v) is 6.97. The van der Waals surface area contributed by atoms with Crippen LogP contribution in [0.1, 0.15) is 32.4 Å². The van der Waals surface area contributed by atoms with Crippen molar-refractivity contribution in [1.82, 2.24) is 20.0 Å². The number of carbonyl (C=O) groups is 3. The van der Waals surface area contributed by atoms with E-state index in [1.165, 1.54) is 0 Å². The maximum absolute atomic E-state index is 13.5. The predicted molar refractivity (Wildman–Crippen MR) is 153 cm³/mol. The van der Waals surface area contributed by atoms with Gasteiger partial charge in [0.2, 0.25) is 5.91 Å². The predicted octanol–water partition coefficient (Wildman–Crippen LogP) is 4.35. The SMILES string of the molecule is C=CCN1C(=O)NC(c2cccc(Oc3ccccc3)c2)C(C(=O)OCC)=C1CN1CCN(C(=O)C(C)C)CC1. The van der Waals surface area contributed by atoms with Gasteiger partial charge in [0, 0.05) is 50.9 Å². The zero-order chi connectivity index (χ0) is 28.6. The Kier molecular flexibility index (Phi) is 9.60. The van der Waals surface area contributed by atoms with Crippen LogP contribution in [0.2, 0.25) is 0 Å². The van der Waals surface area contributed by atoms with Gasteiger partial charge >= 0.3 is 12.0 Å². The van der Waals surface area contributed by atoms with Gasteiger partial charge < -0.3 is 19.7 Å². The van der Waals surface area contributed by atoms with Crippen molar-refractivity contribution >= 4 is 17.9 Å². The second kappa shape index (κ2) is 13.3. The molecule has 212 valence electrons. The highest BCUT2D eigenvalue weighted by Crippen LogP contribution is 2.34. The number of nitrogens with one attached hydrogen (secondary N) is 1. The third kappa shape index (κ3) is 6.71. The molecule has 1 fully saturated rings. The van der Waals surface area contributed by atoms with Crippen LogP contribution in [0.4, 0.5) is 4.79 Å². The number of hydrogen-bond acceptors (Lipinski definition) is 6. The van der Waals surface area contributed by atoms with Crippen LogP contribution in [0.5, 0.6) is 11.5 Å². The van der Waals surface area contributed by atoms with Gasteiger partial charge in [-0.15, -0.1) is 6.58 Å². The molecule has 2 aliphatic rings. The van der Waals surface area contributed by atoms with Crippen LogP contribution in [-0.2, 0) is 14.3 Å². The fourth-order valence-electron chi connectivity index (χ4n) is 4.98. The minimum Gasteiger partial charge on any atom is -0.463 e. The first-order valence-electron chi connectivity index (χ1n) is 13.8. The van der Waals surface area contributed by atoms with E-state index in [1.807, 2.05) is 73.3 Å². The van der Waals surface area contributed by atoms with Crippen LogP contribution >= 0.6 is 0 Å². The monoisotopic (exact) mass is 546 g/mol. The Morgan fingerprint density at radius 2 is 1.75 bits per heavy atom. The van der Waals surface area contributed by atoms with E-state index >= 15 is 0 Å². The molecule has 0 spiro atoms. The second-order valence-electron chi connectivity index (χ2n) is 10.1. The largest absolute Gasteiger partial charge is 0.463 e. The fourth-order valence-corrected chi connectivity index (χ4v) is 4.98. The summed E-state index contributed by atoms with van der Waals surface area (Å²) in [5, 5.41) is 3.00. The normalized spacial score (nSPS) is 18.0. The van der Waals surface area contributed by atoms with Gasteiger partial charge in [0.25, 0.3) is 0 Å². The van der Waals surface area contributed by atoms with Gasteiger partial charge in [0.1, 0.15) is 11.5 Å². The molecule has 1 saturated heterocycles. The first-order valence-corrected chi connectivity index (χ1v) is 13.8. The van der Waals surface area contributed by atoms with E-state index in [4.69, 9.17) is 9.47 Å². The number of hydrogen-bond donors (Lipinski definition) is 1. The number of rotatable bonds is 10. The number of ether oxygens (including phenoxy) is 2. The van der Waals surface area contributed by atoms with Crippen molar-refractivity contribution in [3.63, 3.8) is 0 Å². The summed E-state index contributed by atoms with van der Waals surface area (Å²) in [6.45, 7) is 12.6. The molecule has 1 N–H and O–H groups in total. The van der Waals surface area contributed by atoms with Crippen LogP contribution < -0.4 is 10.1 Å². The molecule has 2 heterocycles. The summed E-state index contributed by atoms with van der Waals surface area (Å²) in [6, 6.07) is 15.7. The molecule has 0 aromatic heterocycles. The van der Waals surface area contributed by atoms with Crippen LogP contribution in [-0.4, -0.2) is 78.5 Å². The Morgan fingerprint density at radius 3 is 2.40 bits per heavy atom. The molecule has 4 rings (SSSR count). The number of urea groups is 1. The highest BCUT2D eigenvalue weighted by Gasteiger charge is 2.39. The maximum Gasteiger partial charge on any atom is 0.338 e. The number of amides is 3. The summed E-state index contributed by atoms with van der Waals surface area (Å²) in [7, 11) is 0. The number of para-hydroxylation sites is 1. The second-order valence-corrected chi connectivity index (χ2v) is 10.1. The minimum atomic E-state index is -0.731. The standard InChI is InChI=1S/C31H38N4O5/c1-5-15-35-26(21-33-16-18-34(19-17-33)29(36)22(3)4)27(30(37)39-6-2)28(32-31(35)38)23-11-10-14-25(20-23)40-24-12-8-7-9-13-24/h5,7-14,20,22,28H,1,6,15-19,21H2,2-4H3,(H,32,38). The fraction of sp³-hybridized carbons (Fsp3) is 0.387. The molecule has 1 atom stereocenters. The van der Waals surface area contributed by atoms with Gasteiger partial charge in [-0.25, -0.2) is 9.59 Å². The van der Waals surface area contributed by atoms with Gasteiger partial charge in [-0.3, -0.25) is 14.6 Å². The maximum atomic E-state index is 13.5. The summed E-state index contributed by atoms with van der Waals surface area (Å²) in [4.78, 5) is 45.0. The molecule has 9 nitrogen and oxygen atoms in total. The lowest BCUT2D eigenvalue weighted by molar-refractivity contribution is -0.139. The van der Waals surface area contributed by atoms with Crippen molar-refractivity contribution in [2.24, 2.45) is 5.92 Å². The topological polar surface area (TPSA) is 91.4 Å². The van der Waals surface area contributed by atoms with Crippen molar-refractivity contribution in [3.8, 4) is 11.5 Å². The van der Waals surface area contributed by atoms with Crippen molar-refractivity contribution in [2.75, 3.05) is 45.9 Å². The summed E-state index contributed by atoms with van der Waals surface area (Å²) < 4.78 is 11.5. The van der Waals surface area contributed by atoms with E-state index in [2.05, 4.69) is 16.8 Å². The molecule has 0 bridgehead atoms. The Labute approximate surface area is 236 Å². The summed E-state index contributed by atoms with van der Waals surface area (Å²) in [5.41, 5.74) is 1.65. The number of nitrogens with zero attached hydrogens (tertiary/aromatic N) is 3. The van der Waals surface area contributed by atoms with Crippen molar-refractivity contribution in [3.05, 3.63) is 84.1 Å². The van der Waals surface area contributed by atoms with Gasteiger partial charge in [-0.2, -0.15) is 0 Å².